The standard InChI is InChI=1S/C11H14ClFO2/c1-2-15-7-10(14)6-8-5-9(13)3-4-11(8)12/h3-5,10,14H,2,6-7H2,1H3. The third-order valence-electron chi connectivity index (χ3n) is 1.98. The van der Waals surface area contributed by atoms with Gasteiger partial charge in [-0.25, -0.2) is 4.39 Å². The van der Waals surface area contributed by atoms with Gasteiger partial charge in [-0.1, -0.05) is 11.6 Å². The number of hydrogen-bond acceptors (Lipinski definition) is 2. The molecule has 1 aromatic carbocycles. The van der Waals surface area contributed by atoms with E-state index in [9.17, 15) is 9.50 Å². The van der Waals surface area contributed by atoms with Crippen molar-refractivity contribution >= 4 is 11.6 Å². The van der Waals surface area contributed by atoms with Gasteiger partial charge in [0, 0.05) is 18.1 Å². The molecular weight excluding hydrogens is 219 g/mol. The van der Waals surface area contributed by atoms with E-state index in [1.807, 2.05) is 6.92 Å². The van der Waals surface area contributed by atoms with Gasteiger partial charge in [0.05, 0.1) is 12.7 Å². The molecule has 0 aliphatic heterocycles. The molecule has 84 valence electrons. The van der Waals surface area contributed by atoms with Crippen LogP contribution >= 0.6 is 11.6 Å². The second kappa shape index (κ2) is 6.05. The normalized spacial score (nSPS) is 12.8. The number of benzene rings is 1. The lowest BCUT2D eigenvalue weighted by Crippen LogP contribution is -2.18. The van der Waals surface area contributed by atoms with E-state index in [-0.39, 0.29) is 12.4 Å². The minimum atomic E-state index is -0.649. The molecule has 0 amide bonds. The molecule has 0 saturated carbocycles. The Hall–Kier alpha value is -0.640. The molecule has 0 aromatic heterocycles. The summed E-state index contributed by atoms with van der Waals surface area (Å²) < 4.78 is 17.9. The van der Waals surface area contributed by atoms with Crippen LogP contribution in [-0.4, -0.2) is 24.4 Å². The third-order valence-corrected chi connectivity index (χ3v) is 2.35. The van der Waals surface area contributed by atoms with E-state index < -0.39 is 6.10 Å². The highest BCUT2D eigenvalue weighted by molar-refractivity contribution is 6.31. The van der Waals surface area contributed by atoms with Gasteiger partial charge in [-0.3, -0.25) is 0 Å². The summed E-state index contributed by atoms with van der Waals surface area (Å²) in [5.74, 6) is -0.349. The molecule has 0 fully saturated rings. The zero-order chi connectivity index (χ0) is 11.3. The van der Waals surface area contributed by atoms with Crippen LogP contribution in [0.25, 0.3) is 0 Å². The van der Waals surface area contributed by atoms with Crippen molar-refractivity contribution in [2.45, 2.75) is 19.4 Å². The van der Waals surface area contributed by atoms with E-state index in [2.05, 4.69) is 0 Å². The molecule has 0 aliphatic carbocycles. The van der Waals surface area contributed by atoms with Gasteiger partial charge in [-0.15, -0.1) is 0 Å². The fourth-order valence-corrected chi connectivity index (χ4v) is 1.46. The number of aliphatic hydroxyl groups excluding tert-OH is 1. The van der Waals surface area contributed by atoms with E-state index in [0.717, 1.165) is 0 Å². The number of halogens is 2. The highest BCUT2D eigenvalue weighted by Crippen LogP contribution is 2.18. The molecule has 1 unspecified atom stereocenters. The van der Waals surface area contributed by atoms with Crippen LogP contribution in [0, 0.1) is 5.82 Å². The molecule has 0 bridgehead atoms. The number of hydrogen-bond donors (Lipinski definition) is 1. The first-order valence-electron chi connectivity index (χ1n) is 4.83. The SMILES string of the molecule is CCOCC(O)Cc1cc(F)ccc1Cl. The fraction of sp³-hybridized carbons (Fsp3) is 0.455. The molecule has 1 N–H and O–H groups in total. The molecule has 1 rings (SSSR count). The van der Waals surface area contributed by atoms with Crippen molar-refractivity contribution in [1.29, 1.82) is 0 Å². The van der Waals surface area contributed by atoms with Gasteiger partial charge in [0.15, 0.2) is 0 Å². The second-order valence-electron chi connectivity index (χ2n) is 3.25. The molecule has 1 aromatic rings. The van der Waals surface area contributed by atoms with Crippen molar-refractivity contribution in [2.24, 2.45) is 0 Å². The third kappa shape index (κ3) is 4.16. The predicted molar refractivity (Wildman–Crippen MR) is 57.6 cm³/mol. The molecule has 1 atom stereocenters. The lowest BCUT2D eigenvalue weighted by atomic mass is 10.1. The van der Waals surface area contributed by atoms with Crippen molar-refractivity contribution in [3.8, 4) is 0 Å². The zero-order valence-electron chi connectivity index (χ0n) is 8.54. The van der Waals surface area contributed by atoms with Crippen molar-refractivity contribution < 1.29 is 14.2 Å². The summed E-state index contributed by atoms with van der Waals surface area (Å²) in [7, 11) is 0. The zero-order valence-corrected chi connectivity index (χ0v) is 9.30. The van der Waals surface area contributed by atoms with E-state index in [1.165, 1.54) is 18.2 Å². The van der Waals surface area contributed by atoms with Crippen LogP contribution in [0.2, 0.25) is 5.02 Å². The highest BCUT2D eigenvalue weighted by atomic mass is 35.5. The topological polar surface area (TPSA) is 29.5 Å². The summed E-state index contributed by atoms with van der Waals surface area (Å²) in [6.07, 6.45) is -0.347. The van der Waals surface area contributed by atoms with E-state index in [4.69, 9.17) is 16.3 Å². The fourth-order valence-electron chi connectivity index (χ4n) is 1.27. The monoisotopic (exact) mass is 232 g/mol. The smallest absolute Gasteiger partial charge is 0.123 e. The van der Waals surface area contributed by atoms with Crippen molar-refractivity contribution in [2.75, 3.05) is 13.2 Å². The Kier molecular flexibility index (Phi) is 5.02. The molecule has 0 heterocycles. The maximum absolute atomic E-state index is 12.9. The van der Waals surface area contributed by atoms with E-state index in [0.29, 0.717) is 23.6 Å². The van der Waals surface area contributed by atoms with Crippen LogP contribution in [0.3, 0.4) is 0 Å². The van der Waals surface area contributed by atoms with Gasteiger partial charge in [-0.2, -0.15) is 0 Å². The first-order chi connectivity index (χ1) is 7.13. The van der Waals surface area contributed by atoms with Gasteiger partial charge < -0.3 is 9.84 Å². The quantitative estimate of drug-likeness (QED) is 0.845. The van der Waals surface area contributed by atoms with Crippen LogP contribution < -0.4 is 0 Å². The van der Waals surface area contributed by atoms with Gasteiger partial charge in [-0.05, 0) is 30.7 Å². The Morgan fingerprint density at radius 1 is 1.53 bits per heavy atom. The summed E-state index contributed by atoms with van der Waals surface area (Å²) >= 11 is 5.86. The van der Waals surface area contributed by atoms with Crippen LogP contribution in [0.15, 0.2) is 18.2 Å². The maximum atomic E-state index is 12.9. The van der Waals surface area contributed by atoms with E-state index in [1.54, 1.807) is 0 Å². The molecule has 0 aliphatic rings. The molecule has 0 radical (unpaired) electrons. The Labute approximate surface area is 93.6 Å². The molecule has 15 heavy (non-hydrogen) atoms. The second-order valence-corrected chi connectivity index (χ2v) is 3.66. The van der Waals surface area contributed by atoms with Gasteiger partial charge in [0.25, 0.3) is 0 Å². The van der Waals surface area contributed by atoms with Crippen molar-refractivity contribution in [1.82, 2.24) is 0 Å². The summed E-state index contributed by atoms with van der Waals surface area (Å²) in [5.41, 5.74) is 0.601. The Morgan fingerprint density at radius 2 is 2.27 bits per heavy atom. The lowest BCUT2D eigenvalue weighted by molar-refractivity contribution is 0.0430. The number of rotatable bonds is 5. The highest BCUT2D eigenvalue weighted by Gasteiger charge is 2.09. The first kappa shape index (κ1) is 12.4. The predicted octanol–water partition coefficient (Wildman–Crippen LogP) is 2.42. The Balaban J connectivity index is 2.59. The minimum absolute atomic E-state index is 0.239. The van der Waals surface area contributed by atoms with Crippen LogP contribution in [0.1, 0.15) is 12.5 Å². The summed E-state index contributed by atoms with van der Waals surface area (Å²) in [6.45, 7) is 2.64. The molecular formula is C11H14ClFO2. The Bertz CT molecular complexity index is 317. The summed E-state index contributed by atoms with van der Waals surface area (Å²) in [5, 5.41) is 10.0. The largest absolute Gasteiger partial charge is 0.390 e. The number of aliphatic hydroxyl groups is 1. The average molecular weight is 233 g/mol. The number of ether oxygens (including phenoxy) is 1. The van der Waals surface area contributed by atoms with Gasteiger partial charge >= 0.3 is 0 Å². The van der Waals surface area contributed by atoms with Crippen LogP contribution in [0.5, 0.6) is 0 Å². The van der Waals surface area contributed by atoms with Gasteiger partial charge in [0.2, 0.25) is 0 Å². The Morgan fingerprint density at radius 3 is 2.93 bits per heavy atom. The molecule has 2 nitrogen and oxygen atoms in total. The van der Waals surface area contributed by atoms with Gasteiger partial charge in [0.1, 0.15) is 5.82 Å². The average Bonchev–Trinajstić information content (AvgIpc) is 2.20. The molecule has 0 spiro atoms. The molecule has 0 saturated heterocycles. The lowest BCUT2D eigenvalue weighted by Gasteiger charge is -2.11. The summed E-state index contributed by atoms with van der Waals surface area (Å²) in [6, 6.07) is 4.11. The van der Waals surface area contributed by atoms with Crippen LogP contribution in [-0.2, 0) is 11.2 Å². The summed E-state index contributed by atoms with van der Waals surface area (Å²) in [4.78, 5) is 0. The maximum Gasteiger partial charge on any atom is 0.123 e. The van der Waals surface area contributed by atoms with E-state index >= 15 is 0 Å². The van der Waals surface area contributed by atoms with Crippen LogP contribution in [0.4, 0.5) is 4.39 Å². The van der Waals surface area contributed by atoms with Crippen molar-refractivity contribution in [3.05, 3.63) is 34.6 Å². The minimum Gasteiger partial charge on any atom is -0.390 e. The van der Waals surface area contributed by atoms with Crippen molar-refractivity contribution in [3.63, 3.8) is 0 Å². The first-order valence-corrected chi connectivity index (χ1v) is 5.21. The molecule has 4 heteroatoms.